The quantitative estimate of drug-likeness (QED) is 0.248. The SMILES string of the molecule is CCCCCCCCN(C(=O)C(CO)NC(=O)OC(C)(C)C)C(C(=O)NCCCCC)c1ccccc1. The van der Waals surface area contributed by atoms with Gasteiger partial charge in [-0.3, -0.25) is 9.59 Å². The number of carbonyl (C=O) groups excluding carboxylic acids is 3. The van der Waals surface area contributed by atoms with Crippen molar-refractivity contribution in [1.29, 1.82) is 0 Å². The Morgan fingerprint density at radius 2 is 1.51 bits per heavy atom. The maximum atomic E-state index is 13.8. The highest BCUT2D eigenvalue weighted by atomic mass is 16.6. The lowest BCUT2D eigenvalue weighted by atomic mass is 10.0. The maximum Gasteiger partial charge on any atom is 0.408 e. The average molecular weight is 520 g/mol. The van der Waals surface area contributed by atoms with Crippen LogP contribution in [0.2, 0.25) is 0 Å². The van der Waals surface area contributed by atoms with Gasteiger partial charge in [0, 0.05) is 13.1 Å². The second-order valence-corrected chi connectivity index (χ2v) is 10.5. The number of amides is 3. The number of aliphatic hydroxyl groups excluding tert-OH is 1. The first-order valence-corrected chi connectivity index (χ1v) is 13.9. The summed E-state index contributed by atoms with van der Waals surface area (Å²) in [6.45, 7) is 9.68. The van der Waals surface area contributed by atoms with E-state index >= 15 is 0 Å². The summed E-state index contributed by atoms with van der Waals surface area (Å²) in [7, 11) is 0. The molecule has 8 nitrogen and oxygen atoms in total. The fraction of sp³-hybridized carbons (Fsp3) is 0.690. The fourth-order valence-electron chi connectivity index (χ4n) is 4.06. The number of hydrogen-bond donors (Lipinski definition) is 3. The number of ether oxygens (including phenoxy) is 1. The molecule has 0 aliphatic carbocycles. The topological polar surface area (TPSA) is 108 Å². The van der Waals surface area contributed by atoms with E-state index in [9.17, 15) is 19.5 Å². The monoisotopic (exact) mass is 519 g/mol. The molecular weight excluding hydrogens is 470 g/mol. The van der Waals surface area contributed by atoms with Crippen LogP contribution < -0.4 is 10.6 Å². The number of aliphatic hydroxyl groups is 1. The number of rotatable bonds is 17. The molecule has 0 aliphatic rings. The molecule has 0 aromatic heterocycles. The van der Waals surface area contributed by atoms with Gasteiger partial charge in [0.1, 0.15) is 17.7 Å². The van der Waals surface area contributed by atoms with Crippen molar-refractivity contribution in [1.82, 2.24) is 15.5 Å². The van der Waals surface area contributed by atoms with Gasteiger partial charge < -0.3 is 25.4 Å². The van der Waals surface area contributed by atoms with Gasteiger partial charge in [-0.1, -0.05) is 89.1 Å². The van der Waals surface area contributed by atoms with E-state index in [4.69, 9.17) is 4.74 Å². The van der Waals surface area contributed by atoms with Gasteiger partial charge in [0.05, 0.1) is 6.61 Å². The molecule has 0 radical (unpaired) electrons. The van der Waals surface area contributed by atoms with E-state index in [1.54, 1.807) is 20.8 Å². The van der Waals surface area contributed by atoms with Crippen LogP contribution in [0.4, 0.5) is 4.79 Å². The Labute approximate surface area is 223 Å². The van der Waals surface area contributed by atoms with Crippen molar-refractivity contribution in [2.24, 2.45) is 0 Å². The largest absolute Gasteiger partial charge is 0.444 e. The highest BCUT2D eigenvalue weighted by Crippen LogP contribution is 2.24. The Morgan fingerprint density at radius 3 is 2.11 bits per heavy atom. The van der Waals surface area contributed by atoms with Gasteiger partial charge in [-0.05, 0) is 39.2 Å². The van der Waals surface area contributed by atoms with E-state index < -0.39 is 36.3 Å². The third kappa shape index (κ3) is 13.0. The summed E-state index contributed by atoms with van der Waals surface area (Å²) in [4.78, 5) is 41.1. The van der Waals surface area contributed by atoms with E-state index in [1.807, 2.05) is 30.3 Å². The zero-order valence-corrected chi connectivity index (χ0v) is 23.6. The van der Waals surface area contributed by atoms with Gasteiger partial charge in [0.25, 0.3) is 0 Å². The van der Waals surface area contributed by atoms with Crippen molar-refractivity contribution in [3.63, 3.8) is 0 Å². The summed E-state index contributed by atoms with van der Waals surface area (Å²) >= 11 is 0. The second-order valence-electron chi connectivity index (χ2n) is 10.5. The van der Waals surface area contributed by atoms with Crippen LogP contribution in [0.5, 0.6) is 0 Å². The summed E-state index contributed by atoms with van der Waals surface area (Å²) in [5.74, 6) is -0.782. The van der Waals surface area contributed by atoms with E-state index in [2.05, 4.69) is 24.5 Å². The normalized spacial score (nSPS) is 12.9. The molecule has 0 bridgehead atoms. The molecule has 8 heteroatoms. The number of hydrogen-bond acceptors (Lipinski definition) is 5. The summed E-state index contributed by atoms with van der Waals surface area (Å²) in [5, 5.41) is 15.5. The smallest absolute Gasteiger partial charge is 0.408 e. The highest BCUT2D eigenvalue weighted by molar-refractivity contribution is 5.92. The third-order valence-corrected chi connectivity index (χ3v) is 5.96. The van der Waals surface area contributed by atoms with E-state index in [0.29, 0.717) is 25.1 Å². The van der Waals surface area contributed by atoms with Crippen molar-refractivity contribution in [2.75, 3.05) is 19.7 Å². The minimum atomic E-state index is -1.23. The lowest BCUT2D eigenvalue weighted by molar-refractivity contribution is -0.143. The second kappa shape index (κ2) is 17.8. The number of alkyl carbamates (subject to hydrolysis) is 1. The predicted octanol–water partition coefficient (Wildman–Crippen LogP) is 5.11. The van der Waals surface area contributed by atoms with Gasteiger partial charge in [-0.2, -0.15) is 0 Å². The number of nitrogens with zero attached hydrogens (tertiary/aromatic N) is 1. The molecule has 0 fully saturated rings. The molecule has 2 atom stereocenters. The average Bonchev–Trinajstić information content (AvgIpc) is 2.85. The summed E-state index contributed by atoms with van der Waals surface area (Å²) in [6.07, 6.45) is 8.24. The van der Waals surface area contributed by atoms with Crippen LogP contribution in [-0.4, -0.2) is 59.3 Å². The predicted molar refractivity (Wildman–Crippen MR) is 147 cm³/mol. The van der Waals surface area contributed by atoms with Crippen LogP contribution in [0.3, 0.4) is 0 Å². The van der Waals surface area contributed by atoms with Crippen LogP contribution in [0.15, 0.2) is 30.3 Å². The molecular formula is C29H49N3O5. The molecule has 3 amide bonds. The summed E-state index contributed by atoms with van der Waals surface area (Å²) in [5.41, 5.74) is -0.0697. The zero-order chi connectivity index (χ0) is 27.7. The Morgan fingerprint density at radius 1 is 0.919 bits per heavy atom. The van der Waals surface area contributed by atoms with Gasteiger partial charge >= 0.3 is 6.09 Å². The number of nitrogens with one attached hydrogen (secondary N) is 2. The first kappa shape index (κ1) is 32.4. The Kier molecular flexibility index (Phi) is 15.6. The van der Waals surface area contributed by atoms with Crippen molar-refractivity contribution in [2.45, 2.75) is 110 Å². The van der Waals surface area contributed by atoms with Crippen molar-refractivity contribution in [3.8, 4) is 0 Å². The van der Waals surface area contributed by atoms with E-state index in [0.717, 1.165) is 44.9 Å². The maximum absolute atomic E-state index is 13.8. The van der Waals surface area contributed by atoms with Crippen LogP contribution in [-0.2, 0) is 14.3 Å². The Balaban J connectivity index is 3.20. The van der Waals surface area contributed by atoms with Crippen LogP contribution in [0.25, 0.3) is 0 Å². The van der Waals surface area contributed by atoms with E-state index in [-0.39, 0.29) is 5.91 Å². The van der Waals surface area contributed by atoms with E-state index in [1.165, 1.54) is 11.3 Å². The van der Waals surface area contributed by atoms with Gasteiger partial charge in [-0.15, -0.1) is 0 Å². The molecule has 0 heterocycles. The minimum absolute atomic E-state index is 0.268. The van der Waals surface area contributed by atoms with Crippen LogP contribution >= 0.6 is 0 Å². The first-order valence-electron chi connectivity index (χ1n) is 13.9. The molecule has 2 unspecified atom stereocenters. The molecule has 3 N–H and O–H groups in total. The molecule has 37 heavy (non-hydrogen) atoms. The van der Waals surface area contributed by atoms with Gasteiger partial charge in [-0.25, -0.2) is 4.79 Å². The first-order chi connectivity index (χ1) is 17.6. The molecule has 0 aliphatic heterocycles. The molecule has 0 saturated carbocycles. The molecule has 0 spiro atoms. The summed E-state index contributed by atoms with van der Waals surface area (Å²) in [6, 6.07) is 7.08. The molecule has 1 rings (SSSR count). The minimum Gasteiger partial charge on any atom is -0.444 e. The van der Waals surface area contributed by atoms with Gasteiger partial charge in [0.15, 0.2) is 0 Å². The molecule has 210 valence electrons. The molecule has 1 aromatic rings. The lowest BCUT2D eigenvalue weighted by Crippen LogP contribution is -2.54. The van der Waals surface area contributed by atoms with Gasteiger partial charge in [0.2, 0.25) is 11.8 Å². The Hall–Kier alpha value is -2.61. The third-order valence-electron chi connectivity index (χ3n) is 5.96. The van der Waals surface area contributed by atoms with Crippen molar-refractivity contribution in [3.05, 3.63) is 35.9 Å². The molecule has 1 aromatic carbocycles. The lowest BCUT2D eigenvalue weighted by Gasteiger charge is -2.34. The van der Waals surface area contributed by atoms with Crippen molar-refractivity contribution >= 4 is 17.9 Å². The summed E-state index contributed by atoms with van der Waals surface area (Å²) < 4.78 is 5.29. The number of unbranched alkanes of at least 4 members (excludes halogenated alkanes) is 7. The highest BCUT2D eigenvalue weighted by Gasteiger charge is 2.35. The standard InChI is InChI=1S/C29H49N3O5/c1-6-8-10-11-12-17-21-32(27(35)24(22-33)31-28(36)37-29(3,4)5)25(23-18-14-13-15-19-23)26(34)30-20-16-9-7-2/h13-15,18-19,24-25,33H,6-12,16-17,20-22H2,1-5H3,(H,30,34)(H,31,36). The van der Waals surface area contributed by atoms with Crippen LogP contribution in [0, 0.1) is 0 Å². The van der Waals surface area contributed by atoms with Crippen LogP contribution in [0.1, 0.15) is 104 Å². The Bertz CT molecular complexity index is 794. The zero-order valence-electron chi connectivity index (χ0n) is 23.6. The number of benzene rings is 1. The number of carbonyl (C=O) groups is 3. The van der Waals surface area contributed by atoms with Crippen molar-refractivity contribution < 1.29 is 24.2 Å². The fourth-order valence-corrected chi connectivity index (χ4v) is 4.06. The molecule has 0 saturated heterocycles.